The van der Waals surface area contributed by atoms with Gasteiger partial charge in [0.25, 0.3) is 0 Å². The first-order chi connectivity index (χ1) is 7.56. The number of nitrogens with zero attached hydrogens (tertiary/aromatic N) is 2. The van der Waals surface area contributed by atoms with E-state index in [1.807, 2.05) is 0 Å². The summed E-state index contributed by atoms with van der Waals surface area (Å²) in [4.78, 5) is 13.2. The van der Waals surface area contributed by atoms with Gasteiger partial charge in [-0.25, -0.2) is 0 Å². The van der Waals surface area contributed by atoms with Gasteiger partial charge in [0, 0.05) is 0 Å². The van der Waals surface area contributed by atoms with Crippen molar-refractivity contribution in [2.45, 2.75) is 0 Å². The molecule has 0 fully saturated rings. The highest BCUT2D eigenvalue weighted by atomic mass is 35.5. The Labute approximate surface area is 101 Å². The Morgan fingerprint density at radius 3 is 2.75 bits per heavy atom. The van der Waals surface area contributed by atoms with E-state index in [1.54, 1.807) is 18.2 Å². The highest BCUT2D eigenvalue weighted by Crippen LogP contribution is 2.27. The van der Waals surface area contributed by atoms with Crippen LogP contribution in [0.15, 0.2) is 29.0 Å². The van der Waals surface area contributed by atoms with E-state index in [4.69, 9.17) is 28.7 Å². The Balaban J connectivity index is 3.28. The van der Waals surface area contributed by atoms with Crippen molar-refractivity contribution in [2.75, 3.05) is 0 Å². The predicted molar refractivity (Wildman–Crippen MR) is 56.7 cm³/mol. The Hall–Kier alpha value is -1.68. The van der Waals surface area contributed by atoms with E-state index in [0.29, 0.717) is 5.56 Å². The molecule has 0 bridgehead atoms. The summed E-state index contributed by atoms with van der Waals surface area (Å²) >= 11 is 11.6. The summed E-state index contributed by atoms with van der Waals surface area (Å²) in [6.45, 7) is 0. The van der Waals surface area contributed by atoms with Crippen LogP contribution in [0.1, 0.15) is 5.56 Å². The van der Waals surface area contributed by atoms with Gasteiger partial charge in [0.1, 0.15) is 5.53 Å². The Morgan fingerprint density at radius 2 is 2.19 bits per heavy atom. The zero-order valence-electron chi connectivity index (χ0n) is 7.78. The third-order valence-electron chi connectivity index (χ3n) is 1.64. The SMILES string of the molecule is N=[N+]=N/C(=C\c1cccc(Cl)c1Cl)C(=O)[O-]. The van der Waals surface area contributed by atoms with Gasteiger partial charge in [0.15, 0.2) is 10.8 Å². The standard InChI is InChI=1S/C9H5Cl2N3O2/c10-6-3-1-2-5(8(6)11)4-7(9(15)16)13-14-12/h1-4,12H/b7-4-. The number of rotatable bonds is 3. The number of benzene rings is 1. The zero-order chi connectivity index (χ0) is 12.1. The van der Waals surface area contributed by atoms with Gasteiger partial charge in [-0.2, -0.15) is 0 Å². The zero-order valence-corrected chi connectivity index (χ0v) is 9.29. The van der Waals surface area contributed by atoms with Gasteiger partial charge < -0.3 is 9.90 Å². The van der Waals surface area contributed by atoms with Gasteiger partial charge >= 0.3 is 0 Å². The van der Waals surface area contributed by atoms with Crippen LogP contribution >= 0.6 is 23.2 Å². The smallest absolute Gasteiger partial charge is 0.220 e. The van der Waals surface area contributed by atoms with E-state index in [2.05, 4.69) is 10.0 Å². The Bertz CT molecular complexity index is 503. The lowest BCUT2D eigenvalue weighted by atomic mass is 10.2. The van der Waals surface area contributed by atoms with Crippen molar-refractivity contribution in [3.05, 3.63) is 39.5 Å². The molecular formula is C9H5Cl2N3O2. The maximum Gasteiger partial charge on any atom is 0.220 e. The molecule has 1 aromatic carbocycles. The van der Waals surface area contributed by atoms with Crippen LogP contribution in [0.25, 0.3) is 6.08 Å². The fourth-order valence-electron chi connectivity index (χ4n) is 0.962. The first-order valence-corrected chi connectivity index (χ1v) is 4.76. The van der Waals surface area contributed by atoms with Crippen molar-refractivity contribution >= 4 is 35.2 Å². The molecule has 0 radical (unpaired) electrons. The molecule has 1 N–H and O–H groups in total. The third-order valence-corrected chi connectivity index (χ3v) is 2.47. The molecule has 0 amide bonds. The third kappa shape index (κ3) is 2.90. The second-order valence-electron chi connectivity index (χ2n) is 2.66. The normalized spacial score (nSPS) is 10.8. The summed E-state index contributed by atoms with van der Waals surface area (Å²) in [6.07, 6.45) is 1.13. The highest BCUT2D eigenvalue weighted by Gasteiger charge is 2.07. The minimum atomic E-state index is -1.55. The summed E-state index contributed by atoms with van der Waals surface area (Å²) in [5.41, 5.74) is 6.32. The van der Waals surface area contributed by atoms with E-state index in [1.165, 1.54) is 0 Å². The van der Waals surface area contributed by atoms with Crippen LogP contribution in [0.5, 0.6) is 0 Å². The fourth-order valence-corrected chi connectivity index (χ4v) is 1.32. The van der Waals surface area contributed by atoms with E-state index < -0.39 is 11.7 Å². The summed E-state index contributed by atoms with van der Waals surface area (Å²) in [7, 11) is 0. The Kier molecular flexibility index (Phi) is 4.19. The van der Waals surface area contributed by atoms with Crippen LogP contribution in [-0.4, -0.2) is 5.97 Å². The van der Waals surface area contributed by atoms with Crippen LogP contribution in [0.3, 0.4) is 0 Å². The number of aliphatic carboxylic acids is 1. The minimum absolute atomic E-state index is 0.197. The second kappa shape index (κ2) is 5.42. The number of hydrogen-bond donors (Lipinski definition) is 1. The molecule has 0 heterocycles. The number of nitrogens with one attached hydrogen (secondary N) is 1. The molecule has 0 spiro atoms. The minimum Gasteiger partial charge on any atom is -0.543 e. The number of carboxylic acid groups (broad SMARTS) is 1. The molecule has 0 atom stereocenters. The largest absolute Gasteiger partial charge is 0.543 e. The molecule has 7 heteroatoms. The van der Waals surface area contributed by atoms with Crippen molar-refractivity contribution < 1.29 is 9.90 Å². The summed E-state index contributed by atoms with van der Waals surface area (Å²) in [5, 5.41) is 14.2. The van der Waals surface area contributed by atoms with E-state index in [-0.39, 0.29) is 10.0 Å². The monoisotopic (exact) mass is 257 g/mol. The lowest BCUT2D eigenvalue weighted by Crippen LogP contribution is -2.23. The lowest BCUT2D eigenvalue weighted by Gasteiger charge is -2.01. The molecule has 0 aliphatic carbocycles. The average Bonchev–Trinajstić information content (AvgIpc) is 2.23. The molecule has 82 valence electrons. The molecule has 0 saturated carbocycles. The molecule has 5 nitrogen and oxygen atoms in total. The van der Waals surface area contributed by atoms with Gasteiger partial charge in [0.2, 0.25) is 4.91 Å². The number of carboxylic acids is 1. The topological polar surface area (TPSA) is 90.4 Å². The van der Waals surface area contributed by atoms with Crippen molar-refractivity contribution in [3.8, 4) is 0 Å². The fraction of sp³-hybridized carbons (Fsp3) is 0. The van der Waals surface area contributed by atoms with Gasteiger partial charge in [0.05, 0.1) is 16.0 Å². The van der Waals surface area contributed by atoms with E-state index in [0.717, 1.165) is 6.08 Å². The van der Waals surface area contributed by atoms with Crippen molar-refractivity contribution in [1.82, 2.24) is 4.91 Å². The highest BCUT2D eigenvalue weighted by molar-refractivity contribution is 6.42. The molecule has 16 heavy (non-hydrogen) atoms. The maximum atomic E-state index is 10.6. The predicted octanol–water partition coefficient (Wildman–Crippen LogP) is 1.63. The molecule has 0 aliphatic rings. The van der Waals surface area contributed by atoms with Gasteiger partial charge in [-0.15, -0.1) is 0 Å². The molecule has 0 aromatic heterocycles. The van der Waals surface area contributed by atoms with Gasteiger partial charge in [-0.3, -0.25) is 0 Å². The number of halogens is 2. The molecular weight excluding hydrogens is 253 g/mol. The van der Waals surface area contributed by atoms with Crippen LogP contribution in [0.4, 0.5) is 0 Å². The number of carbonyl (C=O) groups excluding carboxylic acids is 1. The maximum absolute atomic E-state index is 10.6. The van der Waals surface area contributed by atoms with Crippen LogP contribution in [0.2, 0.25) is 10.0 Å². The molecule has 0 unspecified atom stereocenters. The van der Waals surface area contributed by atoms with E-state index in [9.17, 15) is 9.90 Å². The number of carbonyl (C=O) groups is 1. The van der Waals surface area contributed by atoms with Crippen molar-refractivity contribution in [1.29, 1.82) is 5.53 Å². The summed E-state index contributed by atoms with van der Waals surface area (Å²) < 4.78 is 0. The van der Waals surface area contributed by atoms with Crippen LogP contribution < -0.4 is 10.0 Å². The van der Waals surface area contributed by atoms with Crippen molar-refractivity contribution in [3.63, 3.8) is 0 Å². The van der Waals surface area contributed by atoms with Gasteiger partial charge in [-0.1, -0.05) is 35.3 Å². The van der Waals surface area contributed by atoms with Crippen LogP contribution in [-0.2, 0) is 4.79 Å². The summed E-state index contributed by atoms with van der Waals surface area (Å²) in [6, 6.07) is 4.72. The number of hydrogen-bond acceptors (Lipinski definition) is 4. The molecule has 0 saturated heterocycles. The van der Waals surface area contributed by atoms with Crippen molar-refractivity contribution in [2.24, 2.45) is 5.11 Å². The van der Waals surface area contributed by atoms with Gasteiger partial charge in [-0.05, 0) is 17.7 Å². The quantitative estimate of drug-likeness (QED) is 0.507. The lowest BCUT2D eigenvalue weighted by molar-refractivity contribution is -0.299. The first-order valence-electron chi connectivity index (χ1n) is 4.00. The molecule has 1 rings (SSSR count). The molecule has 1 aromatic rings. The summed E-state index contributed by atoms with van der Waals surface area (Å²) in [5.74, 6) is -1.55. The molecule has 0 aliphatic heterocycles. The van der Waals surface area contributed by atoms with Crippen LogP contribution in [0, 0.1) is 5.53 Å². The van der Waals surface area contributed by atoms with E-state index >= 15 is 0 Å². The Morgan fingerprint density at radius 1 is 1.50 bits per heavy atom. The average molecular weight is 258 g/mol. The second-order valence-corrected chi connectivity index (χ2v) is 3.45. The first kappa shape index (κ1) is 12.4.